The Morgan fingerprint density at radius 1 is 0.300 bits per heavy atom. The summed E-state index contributed by atoms with van der Waals surface area (Å²) in [5.41, 5.74) is -17.2. The Bertz CT molecular complexity index is 2430. The van der Waals surface area contributed by atoms with E-state index in [1.165, 1.54) is 0 Å². The molecule has 0 aliphatic heterocycles. The van der Waals surface area contributed by atoms with Gasteiger partial charge in [-0.05, 0) is 48.5 Å². The Morgan fingerprint density at radius 3 is 0.633 bits per heavy atom. The zero-order chi connectivity index (χ0) is 44.0. The maximum absolute atomic E-state index is 14.8. The Morgan fingerprint density at radius 2 is 0.483 bits per heavy atom. The first kappa shape index (κ1) is 41.4. The fourth-order valence-electron chi connectivity index (χ4n) is 6.10. The number of nitrogens with zero attached hydrogens (tertiary/aromatic N) is 4. The van der Waals surface area contributed by atoms with Crippen molar-refractivity contribution in [2.75, 3.05) is 0 Å². The number of carbonyl (C=O) groups excluding carboxylic acids is 2. The van der Waals surface area contributed by atoms with Crippen molar-refractivity contribution >= 4 is 11.6 Å². The second-order valence-electron chi connectivity index (χ2n) is 12.7. The summed E-state index contributed by atoms with van der Waals surface area (Å²) in [6, 6.07) is 4.22. The molecule has 308 valence electrons. The van der Waals surface area contributed by atoms with Crippen LogP contribution in [0.15, 0.2) is 72.8 Å². The third kappa shape index (κ3) is 7.29. The van der Waals surface area contributed by atoms with E-state index < -0.39 is 150 Å². The SMILES string of the molecule is O=C1c2nc(-c3ccc(C(F)(F)F)c(F)c3)c(-c3ccc(C(F)(F)F)c(F)c3)nc2C(=O)c2nc(-c3ccc(C(F)(F)F)c(F)c3)c(-c3ccc(C(F)(F)F)c(F)c3)nc21. The average Bonchev–Trinajstić information content (AvgIpc) is 3.13. The van der Waals surface area contributed by atoms with Crippen LogP contribution in [0.25, 0.3) is 45.0 Å². The van der Waals surface area contributed by atoms with Crippen LogP contribution in [-0.2, 0) is 24.7 Å². The molecule has 6 nitrogen and oxygen atoms in total. The zero-order valence-corrected chi connectivity index (χ0v) is 28.6. The van der Waals surface area contributed by atoms with E-state index >= 15 is 0 Å². The smallest absolute Gasteiger partial charge is 0.285 e. The lowest BCUT2D eigenvalue weighted by molar-refractivity contribution is -0.140. The highest BCUT2D eigenvalue weighted by Gasteiger charge is 2.41. The van der Waals surface area contributed by atoms with Gasteiger partial charge in [-0.3, -0.25) is 9.59 Å². The number of benzene rings is 4. The fourth-order valence-corrected chi connectivity index (χ4v) is 6.10. The van der Waals surface area contributed by atoms with E-state index in [-0.39, 0.29) is 48.5 Å². The van der Waals surface area contributed by atoms with Gasteiger partial charge in [-0.15, -0.1) is 0 Å². The van der Waals surface area contributed by atoms with Gasteiger partial charge in [0.15, 0.2) is 0 Å². The number of carbonyl (C=O) groups is 2. The Labute approximate surface area is 322 Å². The van der Waals surface area contributed by atoms with E-state index in [4.69, 9.17) is 0 Å². The van der Waals surface area contributed by atoms with E-state index in [2.05, 4.69) is 19.9 Å². The van der Waals surface area contributed by atoms with E-state index in [9.17, 15) is 79.8 Å². The third-order valence-corrected chi connectivity index (χ3v) is 8.84. The summed E-state index contributed by atoms with van der Waals surface area (Å²) in [6.07, 6.45) is -21.0. The summed E-state index contributed by atoms with van der Waals surface area (Å²) in [7, 11) is 0. The second kappa shape index (κ2) is 13.9. The highest BCUT2D eigenvalue weighted by Crippen LogP contribution is 2.42. The molecule has 0 radical (unpaired) electrons. The Balaban J connectivity index is 1.48. The maximum Gasteiger partial charge on any atom is 0.419 e. The van der Waals surface area contributed by atoms with Gasteiger partial charge >= 0.3 is 24.7 Å². The number of ketones is 2. The topological polar surface area (TPSA) is 85.7 Å². The van der Waals surface area contributed by atoms with Gasteiger partial charge in [0.2, 0.25) is 11.6 Å². The fraction of sp³-hybridized carbons (Fsp3) is 0.105. The molecule has 2 heterocycles. The van der Waals surface area contributed by atoms with Gasteiger partial charge in [0.05, 0.1) is 45.0 Å². The number of fused-ring (bicyclic) bond motifs is 2. The standard InChI is InChI=1S/C38H12F16N4O2/c39-21-9-13(1-5-17(21)35(43,44)45)25-26(14-2-6-18(22(40)10-14)36(46,47)48)56-30-29(55-25)33(59)31-32(34(30)60)58-28(16-4-8-20(24(42)12-16)38(52,53)54)27(57-31)15-3-7-19(23(41)11-15)37(49,50)51/h1-12H. The summed E-state index contributed by atoms with van der Waals surface area (Å²) in [4.78, 5) is 44.0. The minimum atomic E-state index is -5.24. The molecular formula is C38H12F16N4O2. The summed E-state index contributed by atoms with van der Waals surface area (Å²) in [6.45, 7) is 0. The summed E-state index contributed by atoms with van der Waals surface area (Å²) in [5, 5.41) is 0. The van der Waals surface area contributed by atoms with Crippen molar-refractivity contribution in [2.24, 2.45) is 0 Å². The van der Waals surface area contributed by atoms with Gasteiger partial charge < -0.3 is 0 Å². The van der Waals surface area contributed by atoms with Crippen molar-refractivity contribution in [3.63, 3.8) is 0 Å². The molecule has 6 aromatic rings. The van der Waals surface area contributed by atoms with Crippen molar-refractivity contribution in [1.82, 2.24) is 19.9 Å². The normalized spacial score (nSPS) is 13.4. The highest BCUT2D eigenvalue weighted by atomic mass is 19.4. The number of hydrogen-bond donors (Lipinski definition) is 0. The number of halogens is 16. The molecule has 0 atom stereocenters. The minimum Gasteiger partial charge on any atom is -0.285 e. The molecule has 1 aliphatic carbocycles. The van der Waals surface area contributed by atoms with Gasteiger partial charge in [-0.2, -0.15) is 52.7 Å². The Kier molecular flexibility index (Phi) is 9.62. The lowest BCUT2D eigenvalue weighted by Gasteiger charge is -2.21. The molecule has 60 heavy (non-hydrogen) atoms. The lowest BCUT2D eigenvalue weighted by Crippen LogP contribution is -2.28. The molecule has 0 unspecified atom stereocenters. The van der Waals surface area contributed by atoms with Crippen LogP contribution < -0.4 is 0 Å². The molecule has 4 aromatic carbocycles. The summed E-state index contributed by atoms with van der Waals surface area (Å²) >= 11 is 0. The van der Waals surface area contributed by atoms with Crippen molar-refractivity contribution in [2.45, 2.75) is 24.7 Å². The van der Waals surface area contributed by atoms with E-state index in [0.717, 1.165) is 0 Å². The molecule has 7 rings (SSSR count). The van der Waals surface area contributed by atoms with Crippen LogP contribution in [0.2, 0.25) is 0 Å². The first-order valence-electron chi connectivity index (χ1n) is 16.2. The lowest BCUT2D eigenvalue weighted by atomic mass is 9.93. The largest absolute Gasteiger partial charge is 0.419 e. The molecule has 0 saturated heterocycles. The van der Waals surface area contributed by atoms with Crippen LogP contribution >= 0.6 is 0 Å². The molecule has 0 spiro atoms. The number of alkyl halides is 12. The van der Waals surface area contributed by atoms with Gasteiger partial charge in [-0.25, -0.2) is 37.5 Å². The van der Waals surface area contributed by atoms with Crippen LogP contribution in [0.5, 0.6) is 0 Å². The first-order valence-corrected chi connectivity index (χ1v) is 16.2. The van der Waals surface area contributed by atoms with Crippen molar-refractivity contribution in [3.8, 4) is 45.0 Å². The Hall–Kier alpha value is -6.74. The molecule has 0 saturated carbocycles. The van der Waals surface area contributed by atoms with Crippen molar-refractivity contribution in [3.05, 3.63) is 141 Å². The first-order chi connectivity index (χ1) is 27.8. The minimum absolute atomic E-state index is 0.220. The summed E-state index contributed by atoms with van der Waals surface area (Å²) in [5.74, 6) is -10.6. The predicted molar refractivity (Wildman–Crippen MR) is 173 cm³/mol. The molecule has 0 N–H and O–H groups in total. The molecule has 0 amide bonds. The maximum atomic E-state index is 14.8. The van der Waals surface area contributed by atoms with Gasteiger partial charge in [0, 0.05) is 22.3 Å². The molecule has 22 heteroatoms. The van der Waals surface area contributed by atoms with Crippen LogP contribution in [-0.4, -0.2) is 31.5 Å². The van der Waals surface area contributed by atoms with Gasteiger partial charge in [0.25, 0.3) is 0 Å². The third-order valence-electron chi connectivity index (χ3n) is 8.84. The highest BCUT2D eigenvalue weighted by molar-refractivity contribution is 6.26. The van der Waals surface area contributed by atoms with Gasteiger partial charge in [0.1, 0.15) is 46.0 Å². The number of aromatic nitrogens is 4. The quantitative estimate of drug-likeness (QED) is 0.164. The van der Waals surface area contributed by atoms with Crippen molar-refractivity contribution < 1.29 is 79.8 Å². The van der Waals surface area contributed by atoms with Crippen LogP contribution in [0.3, 0.4) is 0 Å². The van der Waals surface area contributed by atoms with Crippen LogP contribution in [0.4, 0.5) is 70.2 Å². The van der Waals surface area contributed by atoms with E-state index in [1.807, 2.05) is 0 Å². The van der Waals surface area contributed by atoms with Gasteiger partial charge in [-0.1, -0.05) is 24.3 Å². The average molecular weight is 861 g/mol. The van der Waals surface area contributed by atoms with E-state index in [0.29, 0.717) is 24.3 Å². The van der Waals surface area contributed by atoms with E-state index in [1.54, 1.807) is 0 Å². The zero-order valence-electron chi connectivity index (χ0n) is 28.6. The van der Waals surface area contributed by atoms with Crippen LogP contribution in [0, 0.1) is 23.3 Å². The summed E-state index contributed by atoms with van der Waals surface area (Å²) < 4.78 is 220. The molecule has 2 aromatic heterocycles. The second-order valence-corrected chi connectivity index (χ2v) is 12.7. The molecule has 0 fully saturated rings. The van der Waals surface area contributed by atoms with Crippen molar-refractivity contribution in [1.29, 1.82) is 0 Å². The molecule has 0 bridgehead atoms. The number of rotatable bonds is 4. The van der Waals surface area contributed by atoms with Crippen LogP contribution in [0.1, 0.15) is 54.6 Å². The number of hydrogen-bond acceptors (Lipinski definition) is 6. The predicted octanol–water partition coefficient (Wildman–Crippen LogP) is 11.3. The monoisotopic (exact) mass is 860 g/mol. The molecular weight excluding hydrogens is 848 g/mol. The molecule has 1 aliphatic rings.